The van der Waals surface area contributed by atoms with E-state index in [2.05, 4.69) is 39.0 Å². The van der Waals surface area contributed by atoms with Gasteiger partial charge in [-0.2, -0.15) is 0 Å². The lowest BCUT2D eigenvalue weighted by Gasteiger charge is -2.21. The summed E-state index contributed by atoms with van der Waals surface area (Å²) in [7, 11) is 0. The molecule has 20 heavy (non-hydrogen) atoms. The first-order valence-electron chi connectivity index (χ1n) is 7.04. The van der Waals surface area contributed by atoms with Crippen molar-refractivity contribution < 1.29 is 9.53 Å². The summed E-state index contributed by atoms with van der Waals surface area (Å²) < 4.78 is 7.56. The second kappa shape index (κ2) is 4.97. The number of rotatable bonds is 2. The minimum Gasteiger partial charge on any atom is -0.455 e. The molecule has 3 heteroatoms. The van der Waals surface area contributed by atoms with Gasteiger partial charge in [-0.15, -0.1) is 0 Å². The van der Waals surface area contributed by atoms with Gasteiger partial charge < -0.3 is 9.30 Å². The Hall–Kier alpha value is -1.77. The Morgan fingerprint density at radius 2 is 1.85 bits per heavy atom. The van der Waals surface area contributed by atoms with E-state index in [-0.39, 0.29) is 12.0 Å². The van der Waals surface area contributed by atoms with E-state index in [1.165, 1.54) is 5.56 Å². The van der Waals surface area contributed by atoms with E-state index in [4.69, 9.17) is 4.74 Å². The van der Waals surface area contributed by atoms with Crippen molar-refractivity contribution in [2.45, 2.75) is 53.2 Å². The quantitative estimate of drug-likeness (QED) is 0.755. The van der Waals surface area contributed by atoms with Crippen molar-refractivity contribution in [3.63, 3.8) is 0 Å². The van der Waals surface area contributed by atoms with Crippen LogP contribution in [0.25, 0.3) is 10.9 Å². The number of hydrogen-bond donors (Lipinski definition) is 0. The summed E-state index contributed by atoms with van der Waals surface area (Å²) in [4.78, 5) is 12.4. The number of carbonyl (C=O) groups is 1. The zero-order valence-electron chi connectivity index (χ0n) is 13.2. The van der Waals surface area contributed by atoms with E-state index in [0.29, 0.717) is 5.69 Å². The molecule has 0 amide bonds. The highest BCUT2D eigenvalue weighted by atomic mass is 16.6. The number of fused-ring (bicyclic) bond motifs is 1. The number of carbonyl (C=O) groups excluding carboxylic acids is 1. The van der Waals surface area contributed by atoms with Crippen LogP contribution in [0.2, 0.25) is 0 Å². The third-order valence-corrected chi connectivity index (χ3v) is 3.12. The molecule has 108 valence electrons. The van der Waals surface area contributed by atoms with E-state index in [0.717, 1.165) is 10.9 Å². The molecule has 0 N–H and O–H groups in total. The summed E-state index contributed by atoms with van der Waals surface area (Å²) in [6.45, 7) is 11.9. The summed E-state index contributed by atoms with van der Waals surface area (Å²) in [5, 5.41) is 1.08. The third kappa shape index (κ3) is 2.87. The van der Waals surface area contributed by atoms with Crippen LogP contribution in [-0.2, 0) is 4.74 Å². The van der Waals surface area contributed by atoms with Gasteiger partial charge in [0.2, 0.25) is 0 Å². The maximum absolute atomic E-state index is 12.4. The Morgan fingerprint density at radius 3 is 2.40 bits per heavy atom. The maximum atomic E-state index is 12.4. The van der Waals surface area contributed by atoms with E-state index in [9.17, 15) is 4.79 Å². The number of nitrogens with zero attached hydrogens (tertiary/aromatic N) is 1. The molecule has 2 aromatic rings. The van der Waals surface area contributed by atoms with Crippen LogP contribution in [0.4, 0.5) is 0 Å². The fourth-order valence-electron chi connectivity index (χ4n) is 2.40. The van der Waals surface area contributed by atoms with Gasteiger partial charge in [0.15, 0.2) is 0 Å². The molecule has 1 heterocycles. The standard InChI is InChI=1S/C17H23NO2/c1-11(2)18-14-8-7-12(3)9-13(14)10-15(18)16(19)20-17(4,5)6/h7-11H,1-6H3. The normalized spacial score (nSPS) is 12.2. The van der Waals surface area contributed by atoms with Gasteiger partial charge in [0.25, 0.3) is 0 Å². The Morgan fingerprint density at radius 1 is 1.20 bits per heavy atom. The third-order valence-electron chi connectivity index (χ3n) is 3.12. The molecule has 0 aliphatic heterocycles. The first kappa shape index (κ1) is 14.6. The molecule has 1 aromatic heterocycles. The topological polar surface area (TPSA) is 31.2 Å². The number of esters is 1. The van der Waals surface area contributed by atoms with Crippen LogP contribution in [0, 0.1) is 6.92 Å². The second-order valence-electron chi connectivity index (χ2n) is 6.56. The van der Waals surface area contributed by atoms with Gasteiger partial charge >= 0.3 is 5.97 Å². The van der Waals surface area contributed by atoms with E-state index in [1.54, 1.807) is 0 Å². The molecule has 3 nitrogen and oxygen atoms in total. The van der Waals surface area contributed by atoms with Gasteiger partial charge in [-0.3, -0.25) is 0 Å². The Kier molecular flexibility index (Phi) is 3.63. The SMILES string of the molecule is Cc1ccc2c(c1)cc(C(=O)OC(C)(C)C)n2C(C)C. The van der Waals surface area contributed by atoms with Crippen LogP contribution in [0.5, 0.6) is 0 Å². The van der Waals surface area contributed by atoms with Crippen LogP contribution >= 0.6 is 0 Å². The van der Waals surface area contributed by atoms with Crippen molar-refractivity contribution in [2.75, 3.05) is 0 Å². The van der Waals surface area contributed by atoms with Gasteiger partial charge in [-0.1, -0.05) is 11.6 Å². The van der Waals surface area contributed by atoms with Gasteiger partial charge in [0.05, 0.1) is 0 Å². The molecule has 0 saturated carbocycles. The molecule has 0 saturated heterocycles. The summed E-state index contributed by atoms with van der Waals surface area (Å²) >= 11 is 0. The average molecular weight is 273 g/mol. The van der Waals surface area contributed by atoms with Crippen molar-refractivity contribution in [1.29, 1.82) is 0 Å². The molecule has 0 aliphatic carbocycles. The minimum atomic E-state index is -0.481. The summed E-state index contributed by atoms with van der Waals surface area (Å²) in [6, 6.07) is 8.37. The molecule has 0 radical (unpaired) electrons. The molecule has 0 bridgehead atoms. The lowest BCUT2D eigenvalue weighted by Crippen LogP contribution is -2.25. The van der Waals surface area contributed by atoms with Crippen LogP contribution in [0.15, 0.2) is 24.3 Å². The fourth-order valence-corrected chi connectivity index (χ4v) is 2.40. The largest absolute Gasteiger partial charge is 0.455 e. The zero-order chi connectivity index (χ0) is 15.1. The average Bonchev–Trinajstić information content (AvgIpc) is 2.64. The van der Waals surface area contributed by atoms with E-state index in [1.807, 2.05) is 31.4 Å². The Labute approximate surface area is 120 Å². The predicted molar refractivity (Wildman–Crippen MR) is 82.2 cm³/mol. The van der Waals surface area contributed by atoms with Gasteiger partial charge in [0, 0.05) is 16.9 Å². The molecular formula is C17H23NO2. The van der Waals surface area contributed by atoms with Gasteiger partial charge in [-0.05, 0) is 59.7 Å². The Balaban J connectivity index is 2.57. The highest BCUT2D eigenvalue weighted by Gasteiger charge is 2.23. The molecule has 2 rings (SSSR count). The summed E-state index contributed by atoms with van der Waals surface area (Å²) in [5.41, 5.74) is 2.40. The van der Waals surface area contributed by atoms with E-state index < -0.39 is 5.60 Å². The van der Waals surface area contributed by atoms with Crippen molar-refractivity contribution in [3.05, 3.63) is 35.5 Å². The maximum Gasteiger partial charge on any atom is 0.355 e. The first-order chi connectivity index (χ1) is 9.19. The van der Waals surface area contributed by atoms with Crippen LogP contribution < -0.4 is 0 Å². The number of aromatic nitrogens is 1. The number of aryl methyl sites for hydroxylation is 1. The fraction of sp³-hybridized carbons (Fsp3) is 0.471. The molecule has 0 atom stereocenters. The van der Waals surface area contributed by atoms with Gasteiger partial charge in [-0.25, -0.2) is 4.79 Å². The predicted octanol–water partition coefficient (Wildman–Crippen LogP) is 4.49. The summed E-state index contributed by atoms with van der Waals surface area (Å²) in [6.07, 6.45) is 0. The first-order valence-corrected chi connectivity index (χ1v) is 7.04. The number of hydrogen-bond acceptors (Lipinski definition) is 2. The van der Waals surface area contributed by atoms with Crippen molar-refractivity contribution in [3.8, 4) is 0 Å². The number of ether oxygens (including phenoxy) is 1. The van der Waals surface area contributed by atoms with Crippen LogP contribution in [0.3, 0.4) is 0 Å². The van der Waals surface area contributed by atoms with Crippen LogP contribution in [0.1, 0.15) is 56.7 Å². The lowest BCUT2D eigenvalue weighted by molar-refractivity contribution is 0.00568. The molecule has 0 spiro atoms. The molecule has 1 aromatic carbocycles. The Bertz CT molecular complexity index is 645. The number of benzene rings is 1. The molecule has 0 aliphatic rings. The minimum absolute atomic E-state index is 0.206. The highest BCUT2D eigenvalue weighted by molar-refractivity contribution is 5.96. The lowest BCUT2D eigenvalue weighted by atomic mass is 10.2. The van der Waals surface area contributed by atoms with Crippen molar-refractivity contribution in [1.82, 2.24) is 4.57 Å². The second-order valence-corrected chi connectivity index (χ2v) is 6.56. The highest BCUT2D eigenvalue weighted by Crippen LogP contribution is 2.26. The molecule has 0 unspecified atom stereocenters. The van der Waals surface area contributed by atoms with E-state index >= 15 is 0 Å². The summed E-state index contributed by atoms with van der Waals surface area (Å²) in [5.74, 6) is -0.264. The van der Waals surface area contributed by atoms with Crippen molar-refractivity contribution in [2.24, 2.45) is 0 Å². The zero-order valence-corrected chi connectivity index (χ0v) is 13.2. The molecular weight excluding hydrogens is 250 g/mol. The van der Waals surface area contributed by atoms with Crippen molar-refractivity contribution >= 4 is 16.9 Å². The monoisotopic (exact) mass is 273 g/mol. The van der Waals surface area contributed by atoms with Gasteiger partial charge in [0.1, 0.15) is 11.3 Å². The molecule has 0 fully saturated rings. The smallest absolute Gasteiger partial charge is 0.355 e. The van der Waals surface area contributed by atoms with Crippen LogP contribution in [-0.4, -0.2) is 16.1 Å².